The van der Waals surface area contributed by atoms with Gasteiger partial charge in [-0.15, -0.1) is 0 Å². The number of hydrogen-bond donors (Lipinski definition) is 0. The zero-order chi connectivity index (χ0) is 42.7. The lowest BCUT2D eigenvalue weighted by atomic mass is 9.66. The third-order valence-electron chi connectivity index (χ3n) is 14.4. The summed E-state index contributed by atoms with van der Waals surface area (Å²) < 4.78 is 13.4. The van der Waals surface area contributed by atoms with Crippen molar-refractivity contribution in [1.82, 2.24) is 0 Å². The lowest BCUT2D eigenvalue weighted by Gasteiger charge is -2.39. The molecule has 0 bridgehead atoms. The van der Waals surface area contributed by atoms with E-state index in [-0.39, 0.29) is 0 Å². The van der Waals surface area contributed by atoms with E-state index in [1.54, 1.807) is 0 Å². The van der Waals surface area contributed by atoms with Crippen molar-refractivity contribution in [3.05, 3.63) is 281 Å². The second-order valence-corrected chi connectivity index (χ2v) is 17.4. The molecule has 0 amide bonds. The minimum atomic E-state index is -0.593. The van der Waals surface area contributed by atoms with Gasteiger partial charge in [0.05, 0.1) is 22.2 Å². The van der Waals surface area contributed by atoms with Gasteiger partial charge in [-0.3, -0.25) is 0 Å². The van der Waals surface area contributed by atoms with Crippen LogP contribution >= 0.6 is 0 Å². The summed E-state index contributed by atoms with van der Waals surface area (Å²) in [6.45, 7) is 0. The average Bonchev–Trinajstić information content (AvgIpc) is 3.84. The van der Waals surface area contributed by atoms with Crippen molar-refractivity contribution in [2.45, 2.75) is 10.8 Å². The number of fused-ring (bicyclic) bond motifs is 18. The van der Waals surface area contributed by atoms with Crippen molar-refractivity contribution in [3.63, 3.8) is 0 Å². The molecule has 4 aliphatic rings. The lowest BCUT2D eigenvalue weighted by molar-refractivity contribution is 0.436. The van der Waals surface area contributed by atoms with E-state index in [0.29, 0.717) is 0 Å². The Labute approximate surface area is 378 Å². The van der Waals surface area contributed by atoms with Crippen molar-refractivity contribution >= 4 is 17.1 Å². The quantitative estimate of drug-likeness (QED) is 0.176. The maximum absolute atomic E-state index is 6.70. The molecule has 304 valence electrons. The van der Waals surface area contributed by atoms with Crippen LogP contribution in [-0.4, -0.2) is 0 Å². The Hall–Kier alpha value is -8.40. The van der Waals surface area contributed by atoms with Crippen LogP contribution in [0.25, 0.3) is 33.4 Å². The molecule has 14 rings (SSSR count). The Bertz CT molecular complexity index is 3500. The first-order valence-electron chi connectivity index (χ1n) is 22.4. The highest BCUT2D eigenvalue weighted by atomic mass is 16.5. The van der Waals surface area contributed by atoms with Crippen LogP contribution in [0.1, 0.15) is 44.5 Å². The number of ether oxygens (including phenoxy) is 2. The highest BCUT2D eigenvalue weighted by Crippen LogP contribution is 2.66. The van der Waals surface area contributed by atoms with Gasteiger partial charge in [0, 0.05) is 39.1 Å². The maximum Gasteiger partial charge on any atom is 0.132 e. The summed E-state index contributed by atoms with van der Waals surface area (Å²) in [6, 6.07) is 86.1. The van der Waals surface area contributed by atoms with Crippen molar-refractivity contribution in [3.8, 4) is 56.4 Å². The van der Waals surface area contributed by atoms with Crippen LogP contribution in [0.5, 0.6) is 23.0 Å². The van der Waals surface area contributed by atoms with Crippen LogP contribution in [0.2, 0.25) is 0 Å². The Balaban J connectivity index is 1.05. The van der Waals surface area contributed by atoms with Crippen LogP contribution < -0.4 is 14.4 Å². The minimum Gasteiger partial charge on any atom is -0.457 e. The normalized spacial score (nSPS) is 14.3. The van der Waals surface area contributed by atoms with Gasteiger partial charge in [0.1, 0.15) is 23.0 Å². The molecular formula is C62H39NO2. The third-order valence-corrected chi connectivity index (χ3v) is 14.4. The number of anilines is 3. The fraction of sp³-hybridized carbons (Fsp3) is 0.0323. The number of rotatable bonds is 4. The molecule has 2 aliphatic heterocycles. The third kappa shape index (κ3) is 4.69. The number of hydrogen-bond acceptors (Lipinski definition) is 3. The maximum atomic E-state index is 6.70. The second-order valence-electron chi connectivity index (χ2n) is 17.4. The summed E-state index contributed by atoms with van der Waals surface area (Å²) in [4.78, 5) is 2.50. The van der Waals surface area contributed by atoms with Gasteiger partial charge in [-0.25, -0.2) is 0 Å². The number of para-hydroxylation sites is 6. The van der Waals surface area contributed by atoms with E-state index < -0.39 is 10.8 Å². The van der Waals surface area contributed by atoms with Gasteiger partial charge in [-0.05, 0) is 93.0 Å². The molecule has 3 heteroatoms. The van der Waals surface area contributed by atoms with E-state index in [4.69, 9.17) is 9.47 Å². The molecule has 0 saturated carbocycles. The van der Waals surface area contributed by atoms with Crippen LogP contribution in [0.15, 0.2) is 237 Å². The monoisotopic (exact) mass is 829 g/mol. The Morgan fingerprint density at radius 2 is 0.600 bits per heavy atom. The summed E-state index contributed by atoms with van der Waals surface area (Å²) in [7, 11) is 0. The highest BCUT2D eigenvalue weighted by molar-refractivity contribution is 6.03. The van der Waals surface area contributed by atoms with Gasteiger partial charge in [0.2, 0.25) is 0 Å². The predicted molar refractivity (Wildman–Crippen MR) is 261 cm³/mol. The fourth-order valence-corrected chi connectivity index (χ4v) is 12.1. The van der Waals surface area contributed by atoms with Gasteiger partial charge in [0.15, 0.2) is 0 Å². The van der Waals surface area contributed by atoms with Gasteiger partial charge >= 0.3 is 0 Å². The molecule has 3 nitrogen and oxygen atoms in total. The Kier molecular flexibility index (Phi) is 7.53. The average molecular weight is 830 g/mol. The minimum absolute atomic E-state index is 0.573. The first-order valence-corrected chi connectivity index (χ1v) is 22.4. The second kappa shape index (κ2) is 13.6. The Morgan fingerprint density at radius 3 is 1.14 bits per heavy atom. The number of benzene rings is 10. The van der Waals surface area contributed by atoms with Crippen molar-refractivity contribution in [2.75, 3.05) is 4.90 Å². The zero-order valence-electron chi connectivity index (χ0n) is 35.3. The molecule has 2 heterocycles. The van der Waals surface area contributed by atoms with E-state index in [1.165, 1.54) is 50.1 Å². The lowest BCUT2D eigenvalue weighted by Crippen LogP contribution is -2.32. The summed E-state index contributed by atoms with van der Waals surface area (Å²) in [6.07, 6.45) is 0. The molecule has 2 spiro atoms. The van der Waals surface area contributed by atoms with E-state index in [0.717, 1.165) is 67.9 Å². The zero-order valence-corrected chi connectivity index (χ0v) is 35.3. The van der Waals surface area contributed by atoms with Crippen LogP contribution in [0.3, 0.4) is 0 Å². The van der Waals surface area contributed by atoms with Crippen molar-refractivity contribution < 1.29 is 9.47 Å². The van der Waals surface area contributed by atoms with E-state index in [9.17, 15) is 0 Å². The highest BCUT2D eigenvalue weighted by Gasteiger charge is 2.53. The number of nitrogens with zero attached hydrogens (tertiary/aromatic N) is 1. The summed E-state index contributed by atoms with van der Waals surface area (Å²) in [5.74, 6) is 3.55. The van der Waals surface area contributed by atoms with Crippen LogP contribution in [0.4, 0.5) is 17.1 Å². The molecule has 0 radical (unpaired) electrons. The summed E-state index contributed by atoms with van der Waals surface area (Å²) >= 11 is 0. The molecular weight excluding hydrogens is 791 g/mol. The van der Waals surface area contributed by atoms with Crippen LogP contribution in [-0.2, 0) is 10.8 Å². The largest absolute Gasteiger partial charge is 0.457 e. The summed E-state index contributed by atoms with van der Waals surface area (Å²) in [5, 5.41) is 0. The van der Waals surface area contributed by atoms with Crippen molar-refractivity contribution in [1.29, 1.82) is 0 Å². The molecule has 0 N–H and O–H groups in total. The molecule has 10 aromatic carbocycles. The molecule has 0 fully saturated rings. The molecule has 0 unspecified atom stereocenters. The fourth-order valence-electron chi connectivity index (χ4n) is 12.1. The molecule has 0 saturated heterocycles. The molecule has 0 atom stereocenters. The molecule has 10 aromatic rings. The van der Waals surface area contributed by atoms with E-state index >= 15 is 0 Å². The van der Waals surface area contributed by atoms with Gasteiger partial charge in [0.25, 0.3) is 0 Å². The SMILES string of the molecule is c1ccc(N(c2ccccc2-c2cccc3c2-c2ccccc2C32c3ccccc3Oc3ccccc32)c2cccc3c2-c2ccccc2C32c3ccccc3Oc3ccccc32)cc1. The van der Waals surface area contributed by atoms with E-state index in [2.05, 4.69) is 241 Å². The van der Waals surface area contributed by atoms with Gasteiger partial charge in [-0.2, -0.15) is 0 Å². The summed E-state index contributed by atoms with van der Waals surface area (Å²) in [5.41, 5.74) is 19.0. The standard InChI is InChI=1S/C62H39NO2/c1-2-20-40(21-3-1)63(54-35-19-33-52-60(54)44-24-5-8-27-46(44)62(52)49-30-11-16-38-57(49)65-58-39-17-12-31-50(58)62)53-34-13-6-22-41(53)42-25-18-32-51-59(42)43-23-4-7-26-45(43)61(51)47-28-9-14-36-55(47)64-56-37-15-10-29-48(56)61/h1-39H. The first-order chi connectivity index (χ1) is 32.3. The van der Waals surface area contributed by atoms with Gasteiger partial charge < -0.3 is 14.4 Å². The van der Waals surface area contributed by atoms with Crippen LogP contribution in [0, 0.1) is 0 Å². The smallest absolute Gasteiger partial charge is 0.132 e. The predicted octanol–water partition coefficient (Wildman–Crippen LogP) is 15.8. The van der Waals surface area contributed by atoms with Crippen molar-refractivity contribution in [2.24, 2.45) is 0 Å². The Morgan fingerprint density at radius 1 is 0.246 bits per heavy atom. The molecule has 2 aliphatic carbocycles. The van der Waals surface area contributed by atoms with E-state index in [1.807, 2.05) is 0 Å². The topological polar surface area (TPSA) is 21.7 Å². The molecule has 65 heavy (non-hydrogen) atoms. The van der Waals surface area contributed by atoms with Gasteiger partial charge in [-0.1, -0.05) is 188 Å². The molecule has 0 aromatic heterocycles. The first kappa shape index (κ1) is 36.1.